The Morgan fingerprint density at radius 2 is 2.24 bits per heavy atom. The molecule has 0 aromatic carbocycles. The van der Waals surface area contributed by atoms with Crippen molar-refractivity contribution in [3.05, 3.63) is 5.89 Å². The molecule has 1 aliphatic heterocycles. The fourth-order valence-electron chi connectivity index (χ4n) is 2.01. The van der Waals surface area contributed by atoms with Gasteiger partial charge in [-0.3, -0.25) is 0 Å². The van der Waals surface area contributed by atoms with Crippen LogP contribution in [-0.4, -0.2) is 53.8 Å². The number of rotatable bonds is 6. The average Bonchev–Trinajstić information content (AvgIpc) is 2.94. The summed E-state index contributed by atoms with van der Waals surface area (Å²) in [5.41, 5.74) is 0. The van der Waals surface area contributed by atoms with Gasteiger partial charge in [-0.15, -0.1) is 5.10 Å². The van der Waals surface area contributed by atoms with Crippen molar-refractivity contribution in [2.24, 2.45) is 0 Å². The van der Waals surface area contributed by atoms with Crippen LogP contribution in [0.2, 0.25) is 0 Å². The van der Waals surface area contributed by atoms with Gasteiger partial charge in [0.15, 0.2) is 9.84 Å². The molecule has 1 aliphatic rings. The summed E-state index contributed by atoms with van der Waals surface area (Å²) in [6, 6.07) is 0.623. The smallest absolute Gasteiger partial charge is 0.319 e. The summed E-state index contributed by atoms with van der Waals surface area (Å²) in [7, 11) is -3.17. The van der Waals surface area contributed by atoms with Crippen molar-refractivity contribution in [2.45, 2.75) is 38.7 Å². The number of aromatic nitrogens is 2. The van der Waals surface area contributed by atoms with Gasteiger partial charge in [0.05, 0.1) is 6.54 Å². The van der Waals surface area contributed by atoms with Crippen LogP contribution < -0.4 is 10.2 Å². The second-order valence-corrected chi connectivity index (χ2v) is 8.79. The molecule has 1 aromatic rings. The molecular weight excluding hydrogens is 312 g/mol. The molecule has 1 aromatic heterocycles. The molecule has 7 nitrogen and oxygen atoms in total. The van der Waals surface area contributed by atoms with Crippen LogP contribution in [0.1, 0.15) is 26.7 Å². The van der Waals surface area contributed by atoms with Crippen LogP contribution in [0.3, 0.4) is 0 Å². The molecule has 1 unspecified atom stereocenters. The number of hydrogen-bond acceptors (Lipinski definition) is 8. The lowest BCUT2D eigenvalue weighted by molar-refractivity contribution is 0.444. The monoisotopic (exact) mass is 334 g/mol. The molecule has 0 spiro atoms. The molecule has 9 heteroatoms. The van der Waals surface area contributed by atoms with Crippen LogP contribution >= 0.6 is 11.8 Å². The standard InChI is InChI=1S/C12H22N4O3S2/c1-4-21(17,18)11-8-20-6-5-16(11)12-15-14-10(19-12)7-13-9(2)3/h9,11,13H,4-8H2,1-3H3. The SMILES string of the molecule is CCS(=O)(=O)C1CSCCN1c1nnc(CNC(C)C)o1. The molecule has 21 heavy (non-hydrogen) atoms. The maximum absolute atomic E-state index is 12.2. The number of nitrogens with one attached hydrogen (secondary N) is 1. The lowest BCUT2D eigenvalue weighted by Crippen LogP contribution is -2.48. The van der Waals surface area contributed by atoms with Gasteiger partial charge < -0.3 is 14.6 Å². The molecule has 1 saturated heterocycles. The third kappa shape index (κ3) is 4.10. The fraction of sp³-hybridized carbons (Fsp3) is 0.833. The predicted molar refractivity (Wildman–Crippen MR) is 84.2 cm³/mol. The Balaban J connectivity index is 2.14. The van der Waals surface area contributed by atoms with Crippen LogP contribution in [-0.2, 0) is 16.4 Å². The highest BCUT2D eigenvalue weighted by atomic mass is 32.2. The number of hydrogen-bond donors (Lipinski definition) is 1. The molecule has 2 rings (SSSR count). The number of anilines is 1. The maximum Gasteiger partial charge on any atom is 0.319 e. The van der Waals surface area contributed by atoms with E-state index in [0.717, 1.165) is 5.75 Å². The molecule has 1 N–H and O–H groups in total. The van der Waals surface area contributed by atoms with Crippen molar-refractivity contribution in [3.63, 3.8) is 0 Å². The van der Waals surface area contributed by atoms with Gasteiger partial charge in [-0.25, -0.2) is 8.42 Å². The molecule has 0 saturated carbocycles. The van der Waals surface area contributed by atoms with Crippen molar-refractivity contribution in [1.82, 2.24) is 15.5 Å². The summed E-state index contributed by atoms with van der Waals surface area (Å²) >= 11 is 1.64. The first-order valence-electron chi connectivity index (χ1n) is 7.05. The van der Waals surface area contributed by atoms with Crippen LogP contribution in [0.4, 0.5) is 6.01 Å². The van der Waals surface area contributed by atoms with E-state index in [1.807, 2.05) is 13.8 Å². The van der Waals surface area contributed by atoms with Crippen molar-refractivity contribution in [1.29, 1.82) is 0 Å². The molecule has 1 fully saturated rings. The summed E-state index contributed by atoms with van der Waals surface area (Å²) in [5.74, 6) is 1.99. The highest BCUT2D eigenvalue weighted by molar-refractivity contribution is 8.01. The molecule has 0 bridgehead atoms. The molecule has 120 valence electrons. The van der Waals surface area contributed by atoms with Crippen LogP contribution in [0.5, 0.6) is 0 Å². The first-order valence-corrected chi connectivity index (χ1v) is 9.92. The third-order valence-electron chi connectivity index (χ3n) is 3.26. The highest BCUT2D eigenvalue weighted by Gasteiger charge is 2.35. The Morgan fingerprint density at radius 1 is 1.48 bits per heavy atom. The van der Waals surface area contributed by atoms with Crippen molar-refractivity contribution >= 4 is 27.6 Å². The highest BCUT2D eigenvalue weighted by Crippen LogP contribution is 2.26. The zero-order valence-corrected chi connectivity index (χ0v) is 14.2. The zero-order valence-electron chi connectivity index (χ0n) is 12.6. The van der Waals surface area contributed by atoms with Gasteiger partial charge in [0.1, 0.15) is 5.37 Å². The molecule has 0 amide bonds. The Bertz CT molecular complexity index is 559. The van der Waals surface area contributed by atoms with Crippen molar-refractivity contribution < 1.29 is 12.8 Å². The molecule has 0 radical (unpaired) electrons. The van der Waals surface area contributed by atoms with E-state index in [-0.39, 0.29) is 5.75 Å². The summed E-state index contributed by atoms with van der Waals surface area (Å²) in [5, 5.41) is 10.6. The number of sulfone groups is 1. The number of nitrogens with zero attached hydrogens (tertiary/aromatic N) is 3. The Kier molecular flexibility index (Phi) is 5.50. The molecule has 2 heterocycles. The van der Waals surface area contributed by atoms with Gasteiger partial charge in [-0.05, 0) is 0 Å². The van der Waals surface area contributed by atoms with E-state index in [9.17, 15) is 8.42 Å². The quantitative estimate of drug-likeness (QED) is 0.820. The maximum atomic E-state index is 12.2. The van der Waals surface area contributed by atoms with Gasteiger partial charge in [-0.2, -0.15) is 11.8 Å². The van der Waals surface area contributed by atoms with E-state index in [1.165, 1.54) is 0 Å². The van der Waals surface area contributed by atoms with E-state index in [2.05, 4.69) is 15.5 Å². The van der Waals surface area contributed by atoms with Crippen molar-refractivity contribution in [2.75, 3.05) is 28.7 Å². The Hall–Kier alpha value is -0.800. The second kappa shape index (κ2) is 6.97. The Labute approximate surface area is 129 Å². The van der Waals surface area contributed by atoms with E-state index in [0.29, 0.717) is 36.8 Å². The number of thioether (sulfide) groups is 1. The fourth-order valence-corrected chi connectivity index (χ4v) is 4.97. The summed E-state index contributed by atoms with van der Waals surface area (Å²) in [6.45, 7) is 6.82. The first kappa shape index (κ1) is 16.6. The van der Waals surface area contributed by atoms with Gasteiger partial charge in [0, 0.05) is 29.8 Å². The van der Waals surface area contributed by atoms with Crippen LogP contribution in [0.25, 0.3) is 0 Å². The summed E-state index contributed by atoms with van der Waals surface area (Å²) < 4.78 is 30.0. The average molecular weight is 334 g/mol. The minimum absolute atomic E-state index is 0.116. The van der Waals surface area contributed by atoms with Gasteiger partial charge >= 0.3 is 6.01 Å². The largest absolute Gasteiger partial charge is 0.407 e. The van der Waals surface area contributed by atoms with E-state index < -0.39 is 15.2 Å². The minimum atomic E-state index is -3.17. The lowest BCUT2D eigenvalue weighted by atomic mass is 10.4. The Morgan fingerprint density at radius 3 is 2.90 bits per heavy atom. The van der Waals surface area contributed by atoms with Gasteiger partial charge in [0.2, 0.25) is 5.89 Å². The minimum Gasteiger partial charge on any atom is -0.407 e. The second-order valence-electron chi connectivity index (χ2n) is 5.19. The topological polar surface area (TPSA) is 88.3 Å². The van der Waals surface area contributed by atoms with E-state index in [4.69, 9.17) is 4.42 Å². The van der Waals surface area contributed by atoms with Crippen LogP contribution in [0, 0.1) is 0 Å². The normalized spacial score (nSPS) is 20.2. The van der Waals surface area contributed by atoms with Crippen LogP contribution in [0.15, 0.2) is 4.42 Å². The predicted octanol–water partition coefficient (Wildman–Crippen LogP) is 0.882. The zero-order chi connectivity index (χ0) is 15.5. The van der Waals surface area contributed by atoms with Crippen molar-refractivity contribution in [3.8, 4) is 0 Å². The summed E-state index contributed by atoms with van der Waals surface area (Å²) in [4.78, 5) is 1.72. The molecule has 1 atom stereocenters. The van der Waals surface area contributed by atoms with E-state index in [1.54, 1.807) is 23.6 Å². The third-order valence-corrected chi connectivity index (χ3v) is 6.55. The lowest BCUT2D eigenvalue weighted by Gasteiger charge is -2.32. The molecule has 0 aliphatic carbocycles. The summed E-state index contributed by atoms with van der Waals surface area (Å²) in [6.07, 6.45) is 0. The molecular formula is C12H22N4O3S2. The van der Waals surface area contributed by atoms with Gasteiger partial charge in [-0.1, -0.05) is 25.9 Å². The van der Waals surface area contributed by atoms with Gasteiger partial charge in [0.25, 0.3) is 0 Å². The first-order chi connectivity index (χ1) is 9.94. The van der Waals surface area contributed by atoms with E-state index >= 15 is 0 Å².